The van der Waals surface area contributed by atoms with Crippen LogP contribution >= 0.6 is 0 Å². The number of aromatic nitrogens is 2. The fourth-order valence-corrected chi connectivity index (χ4v) is 5.72. The Balaban J connectivity index is 1.57. The van der Waals surface area contributed by atoms with Crippen LogP contribution in [-0.2, 0) is 19.6 Å². The van der Waals surface area contributed by atoms with Crippen molar-refractivity contribution in [3.05, 3.63) is 59.8 Å². The van der Waals surface area contributed by atoms with Crippen molar-refractivity contribution in [3.8, 4) is 17.0 Å². The number of piperazine rings is 1. The zero-order valence-corrected chi connectivity index (χ0v) is 23.1. The molecule has 3 aromatic rings. The van der Waals surface area contributed by atoms with Crippen LogP contribution in [0.25, 0.3) is 11.3 Å². The molecule has 4 rings (SSSR count). The Hall–Kier alpha value is -4.03. The van der Waals surface area contributed by atoms with Gasteiger partial charge in [-0.1, -0.05) is 0 Å². The van der Waals surface area contributed by atoms with Gasteiger partial charge in [-0.05, 0) is 62.4 Å². The van der Waals surface area contributed by atoms with E-state index in [-0.39, 0.29) is 36.1 Å². The third kappa shape index (κ3) is 6.18. The van der Waals surface area contributed by atoms with E-state index in [2.05, 4.69) is 10.3 Å². The van der Waals surface area contributed by atoms with Crippen molar-refractivity contribution >= 4 is 33.5 Å². The minimum absolute atomic E-state index is 0.151. The van der Waals surface area contributed by atoms with Gasteiger partial charge in [0.15, 0.2) is 0 Å². The molecule has 2 aromatic carbocycles. The average Bonchev–Trinajstić information content (AvgIpc) is 2.93. The van der Waals surface area contributed by atoms with E-state index >= 15 is 0 Å². The standard InChI is InChI=1S/C27H31N5O6S/c1-5-38-26(34)24-18(2)28-27(30-25(24)20-6-10-22(37-4)11-7-20)31-14-16-32(17-15-31)39(35,36)23-12-8-21(9-13-23)29-19(3)33/h6-13H,5,14-17H2,1-4H3,(H,29,33). The van der Waals surface area contributed by atoms with Crippen LogP contribution < -0.4 is 15.0 Å². The summed E-state index contributed by atoms with van der Waals surface area (Å²) in [6, 6.07) is 13.3. The van der Waals surface area contributed by atoms with Crippen molar-refractivity contribution in [1.29, 1.82) is 0 Å². The molecule has 0 radical (unpaired) electrons. The number of nitrogens with one attached hydrogen (secondary N) is 1. The molecule has 2 heterocycles. The van der Waals surface area contributed by atoms with Gasteiger partial charge in [0.2, 0.25) is 21.9 Å². The molecule has 0 saturated carbocycles. The number of hydrogen-bond acceptors (Lipinski definition) is 9. The van der Waals surface area contributed by atoms with E-state index in [4.69, 9.17) is 14.5 Å². The molecule has 1 amide bonds. The van der Waals surface area contributed by atoms with Crippen LogP contribution in [0, 0.1) is 6.92 Å². The van der Waals surface area contributed by atoms with E-state index in [0.29, 0.717) is 47.4 Å². The van der Waals surface area contributed by atoms with Crippen molar-refractivity contribution in [2.45, 2.75) is 25.7 Å². The molecule has 39 heavy (non-hydrogen) atoms. The number of benzene rings is 2. The first-order valence-corrected chi connectivity index (χ1v) is 13.9. The highest BCUT2D eigenvalue weighted by molar-refractivity contribution is 7.89. The van der Waals surface area contributed by atoms with E-state index in [1.165, 1.54) is 23.4 Å². The van der Waals surface area contributed by atoms with Gasteiger partial charge in [-0.15, -0.1) is 0 Å². The van der Waals surface area contributed by atoms with Gasteiger partial charge in [-0.25, -0.2) is 23.2 Å². The Morgan fingerprint density at radius 3 is 2.18 bits per heavy atom. The molecule has 1 N–H and O–H groups in total. The van der Waals surface area contributed by atoms with Gasteiger partial charge in [0.25, 0.3) is 0 Å². The van der Waals surface area contributed by atoms with E-state index in [0.717, 1.165) is 0 Å². The predicted octanol–water partition coefficient (Wildman–Crippen LogP) is 3.11. The van der Waals surface area contributed by atoms with Gasteiger partial charge in [-0.2, -0.15) is 4.31 Å². The monoisotopic (exact) mass is 553 g/mol. The number of anilines is 2. The molecule has 0 aliphatic carbocycles. The first-order chi connectivity index (χ1) is 18.6. The van der Waals surface area contributed by atoms with Crippen molar-refractivity contribution in [3.63, 3.8) is 0 Å². The van der Waals surface area contributed by atoms with E-state index < -0.39 is 16.0 Å². The smallest absolute Gasteiger partial charge is 0.342 e. The number of nitrogens with zero attached hydrogens (tertiary/aromatic N) is 4. The lowest BCUT2D eigenvalue weighted by Crippen LogP contribution is -2.49. The van der Waals surface area contributed by atoms with Crippen LogP contribution in [0.1, 0.15) is 29.9 Å². The van der Waals surface area contributed by atoms with Gasteiger partial charge < -0.3 is 19.7 Å². The fourth-order valence-electron chi connectivity index (χ4n) is 4.30. The number of hydrogen-bond donors (Lipinski definition) is 1. The van der Waals surface area contributed by atoms with Gasteiger partial charge in [0.1, 0.15) is 11.3 Å². The molecule has 0 unspecified atom stereocenters. The van der Waals surface area contributed by atoms with Crippen LogP contribution in [0.15, 0.2) is 53.4 Å². The maximum atomic E-state index is 13.2. The van der Waals surface area contributed by atoms with Crippen LogP contribution in [-0.4, -0.2) is 74.5 Å². The van der Waals surface area contributed by atoms with Crippen LogP contribution in [0.4, 0.5) is 11.6 Å². The highest BCUT2D eigenvalue weighted by atomic mass is 32.2. The molecule has 0 atom stereocenters. The lowest BCUT2D eigenvalue weighted by Gasteiger charge is -2.34. The van der Waals surface area contributed by atoms with Gasteiger partial charge >= 0.3 is 5.97 Å². The number of methoxy groups -OCH3 is 1. The number of carbonyl (C=O) groups excluding carboxylic acids is 2. The maximum Gasteiger partial charge on any atom is 0.342 e. The minimum atomic E-state index is -3.72. The highest BCUT2D eigenvalue weighted by Crippen LogP contribution is 2.29. The summed E-state index contributed by atoms with van der Waals surface area (Å²) >= 11 is 0. The average molecular weight is 554 g/mol. The summed E-state index contributed by atoms with van der Waals surface area (Å²) in [4.78, 5) is 35.4. The highest BCUT2D eigenvalue weighted by Gasteiger charge is 2.30. The predicted molar refractivity (Wildman–Crippen MR) is 146 cm³/mol. The van der Waals surface area contributed by atoms with Crippen molar-refractivity contribution < 1.29 is 27.5 Å². The summed E-state index contributed by atoms with van der Waals surface area (Å²) in [7, 11) is -2.15. The number of rotatable bonds is 8. The molecule has 0 spiro atoms. The molecule has 206 valence electrons. The lowest BCUT2D eigenvalue weighted by atomic mass is 10.0. The normalized spacial score (nSPS) is 14.1. The van der Waals surface area contributed by atoms with Crippen LogP contribution in [0.5, 0.6) is 5.75 Å². The second kappa shape index (κ2) is 11.8. The third-order valence-electron chi connectivity index (χ3n) is 6.26. The molecular weight excluding hydrogens is 522 g/mol. The summed E-state index contributed by atoms with van der Waals surface area (Å²) in [6.07, 6.45) is 0. The molecular formula is C27H31N5O6S. The second-order valence-corrected chi connectivity index (χ2v) is 10.8. The number of aryl methyl sites for hydroxylation is 1. The van der Waals surface area contributed by atoms with E-state index in [1.54, 1.807) is 45.2 Å². The van der Waals surface area contributed by atoms with E-state index in [1.807, 2.05) is 17.0 Å². The largest absolute Gasteiger partial charge is 0.497 e. The Morgan fingerprint density at radius 2 is 1.62 bits per heavy atom. The topological polar surface area (TPSA) is 131 Å². The number of esters is 1. The SMILES string of the molecule is CCOC(=O)c1c(C)nc(N2CCN(S(=O)(=O)c3ccc(NC(C)=O)cc3)CC2)nc1-c1ccc(OC)cc1. The summed E-state index contributed by atoms with van der Waals surface area (Å²) < 4.78 is 38.4. The Labute approximate surface area is 227 Å². The molecule has 12 heteroatoms. The molecule has 0 bridgehead atoms. The fraction of sp³-hybridized carbons (Fsp3) is 0.333. The van der Waals surface area contributed by atoms with Crippen LogP contribution in [0.3, 0.4) is 0 Å². The van der Waals surface area contributed by atoms with E-state index in [9.17, 15) is 18.0 Å². The lowest BCUT2D eigenvalue weighted by molar-refractivity contribution is -0.114. The summed E-state index contributed by atoms with van der Waals surface area (Å²) in [5, 5.41) is 2.63. The molecule has 1 aromatic heterocycles. The summed E-state index contributed by atoms with van der Waals surface area (Å²) in [5.74, 6) is 0.338. The van der Waals surface area contributed by atoms with Gasteiger partial charge in [-0.3, -0.25) is 4.79 Å². The Kier molecular flexibility index (Phi) is 8.46. The number of amides is 1. The van der Waals surface area contributed by atoms with Crippen molar-refractivity contribution in [2.75, 3.05) is 50.1 Å². The zero-order chi connectivity index (χ0) is 28.2. The molecule has 11 nitrogen and oxygen atoms in total. The maximum absolute atomic E-state index is 13.2. The Morgan fingerprint density at radius 1 is 0.974 bits per heavy atom. The molecule has 1 saturated heterocycles. The Bertz CT molecular complexity index is 1450. The second-order valence-electron chi connectivity index (χ2n) is 8.88. The first kappa shape index (κ1) is 28.0. The summed E-state index contributed by atoms with van der Waals surface area (Å²) in [5.41, 5.74) is 2.42. The quantitative estimate of drug-likeness (QED) is 0.418. The number of carbonyl (C=O) groups is 2. The van der Waals surface area contributed by atoms with Crippen molar-refractivity contribution in [2.24, 2.45) is 0 Å². The first-order valence-electron chi connectivity index (χ1n) is 12.5. The zero-order valence-electron chi connectivity index (χ0n) is 22.3. The minimum Gasteiger partial charge on any atom is -0.497 e. The molecule has 1 fully saturated rings. The van der Waals surface area contributed by atoms with Crippen molar-refractivity contribution in [1.82, 2.24) is 14.3 Å². The number of ether oxygens (including phenoxy) is 2. The van der Waals surface area contributed by atoms with Crippen LogP contribution in [0.2, 0.25) is 0 Å². The van der Waals surface area contributed by atoms with Gasteiger partial charge in [0.05, 0.1) is 30.0 Å². The summed E-state index contributed by atoms with van der Waals surface area (Å²) in [6.45, 7) is 6.27. The molecule has 1 aliphatic heterocycles. The van der Waals surface area contributed by atoms with Gasteiger partial charge in [0, 0.05) is 44.4 Å². The third-order valence-corrected chi connectivity index (χ3v) is 8.17. The molecule has 1 aliphatic rings. The number of sulfonamides is 1.